The Bertz CT molecular complexity index is 299. The fourth-order valence-electron chi connectivity index (χ4n) is 1.52. The first-order valence-electron chi connectivity index (χ1n) is 6.18. The fraction of sp³-hybridized carbons (Fsp3) is 0.571. The molecule has 0 radical (unpaired) electrons. The molecule has 1 N–H and O–H groups in total. The Morgan fingerprint density at radius 1 is 1.31 bits per heavy atom. The van der Waals surface area contributed by atoms with E-state index in [9.17, 15) is 0 Å². The Hall–Kier alpha value is -1.02. The van der Waals surface area contributed by atoms with Gasteiger partial charge in [-0.15, -0.1) is 0 Å². The summed E-state index contributed by atoms with van der Waals surface area (Å²) in [5, 5.41) is 3.47. The molecule has 0 aliphatic rings. The molecule has 2 nitrogen and oxygen atoms in total. The molecular weight excluding hydrogens is 198 g/mol. The van der Waals surface area contributed by atoms with Gasteiger partial charge in [0.2, 0.25) is 0 Å². The Morgan fingerprint density at radius 2 is 2.12 bits per heavy atom. The second-order valence-corrected chi connectivity index (χ2v) is 4.22. The number of rotatable bonds is 7. The largest absolute Gasteiger partial charge is 0.494 e. The van der Waals surface area contributed by atoms with Gasteiger partial charge >= 0.3 is 0 Å². The third-order valence-corrected chi connectivity index (χ3v) is 2.73. The average molecular weight is 221 g/mol. The second-order valence-electron chi connectivity index (χ2n) is 4.22. The van der Waals surface area contributed by atoms with E-state index >= 15 is 0 Å². The molecule has 1 rings (SSSR count). The van der Waals surface area contributed by atoms with Gasteiger partial charge in [-0.2, -0.15) is 0 Å². The summed E-state index contributed by atoms with van der Waals surface area (Å²) in [4.78, 5) is 0. The summed E-state index contributed by atoms with van der Waals surface area (Å²) < 4.78 is 5.47. The average Bonchev–Trinajstić information content (AvgIpc) is 2.30. The maximum atomic E-state index is 5.47. The van der Waals surface area contributed by atoms with Crippen molar-refractivity contribution in [2.45, 2.75) is 33.7 Å². The van der Waals surface area contributed by atoms with Gasteiger partial charge in [-0.3, -0.25) is 0 Å². The van der Waals surface area contributed by atoms with Crippen LogP contribution in [0.4, 0.5) is 0 Å². The maximum absolute atomic E-state index is 5.47. The summed E-state index contributed by atoms with van der Waals surface area (Å²) >= 11 is 0. The second kappa shape index (κ2) is 7.29. The van der Waals surface area contributed by atoms with Crippen LogP contribution in [0.2, 0.25) is 0 Å². The van der Waals surface area contributed by atoms with Gasteiger partial charge in [0.05, 0.1) is 6.61 Å². The van der Waals surface area contributed by atoms with Gasteiger partial charge in [0.25, 0.3) is 0 Å². The topological polar surface area (TPSA) is 21.3 Å². The normalized spacial score (nSPS) is 12.4. The number of nitrogens with one attached hydrogen (secondary N) is 1. The van der Waals surface area contributed by atoms with Crippen LogP contribution < -0.4 is 10.1 Å². The minimum absolute atomic E-state index is 0.726. The Kier molecular flexibility index (Phi) is 5.94. The predicted molar refractivity (Wildman–Crippen MR) is 68.8 cm³/mol. The first-order chi connectivity index (χ1) is 7.76. The monoisotopic (exact) mass is 221 g/mol. The van der Waals surface area contributed by atoms with Gasteiger partial charge in [0.15, 0.2) is 0 Å². The fourth-order valence-corrected chi connectivity index (χ4v) is 1.52. The molecule has 0 saturated carbocycles. The quantitative estimate of drug-likeness (QED) is 0.763. The van der Waals surface area contributed by atoms with Gasteiger partial charge in [-0.05, 0) is 37.1 Å². The summed E-state index contributed by atoms with van der Waals surface area (Å²) in [5.41, 5.74) is 1.29. The Labute approximate surface area is 99.0 Å². The minimum Gasteiger partial charge on any atom is -0.494 e. The SMILES string of the molecule is CCOc1cccc(CNCC(C)CC)c1. The molecule has 0 saturated heterocycles. The highest BCUT2D eigenvalue weighted by Gasteiger charge is 1.99. The molecule has 1 aromatic carbocycles. The van der Waals surface area contributed by atoms with Gasteiger partial charge in [0, 0.05) is 6.54 Å². The van der Waals surface area contributed by atoms with Crippen LogP contribution in [0.5, 0.6) is 5.75 Å². The molecule has 0 bridgehead atoms. The molecule has 0 aliphatic carbocycles. The third kappa shape index (κ3) is 4.67. The van der Waals surface area contributed by atoms with Crippen LogP contribution in [0.25, 0.3) is 0 Å². The van der Waals surface area contributed by atoms with Gasteiger partial charge < -0.3 is 10.1 Å². The van der Waals surface area contributed by atoms with Crippen LogP contribution in [0.1, 0.15) is 32.8 Å². The van der Waals surface area contributed by atoms with Gasteiger partial charge in [0.1, 0.15) is 5.75 Å². The number of ether oxygens (including phenoxy) is 1. The molecular formula is C14H23NO. The molecule has 1 atom stereocenters. The highest BCUT2D eigenvalue weighted by atomic mass is 16.5. The molecule has 0 heterocycles. The van der Waals surface area contributed by atoms with Crippen LogP contribution in [0.3, 0.4) is 0 Å². The third-order valence-electron chi connectivity index (χ3n) is 2.73. The summed E-state index contributed by atoms with van der Waals surface area (Å²) in [6, 6.07) is 8.28. The lowest BCUT2D eigenvalue weighted by Crippen LogP contribution is -2.20. The molecule has 0 aromatic heterocycles. The van der Waals surface area contributed by atoms with Crippen molar-refractivity contribution in [1.82, 2.24) is 5.32 Å². The maximum Gasteiger partial charge on any atom is 0.119 e. The van der Waals surface area contributed by atoms with E-state index in [1.807, 2.05) is 19.1 Å². The standard InChI is InChI=1S/C14H23NO/c1-4-12(3)10-15-11-13-7-6-8-14(9-13)16-5-2/h6-9,12,15H,4-5,10-11H2,1-3H3. The van der Waals surface area contributed by atoms with E-state index in [4.69, 9.17) is 4.74 Å². The van der Waals surface area contributed by atoms with E-state index in [1.165, 1.54) is 12.0 Å². The van der Waals surface area contributed by atoms with E-state index < -0.39 is 0 Å². The van der Waals surface area contributed by atoms with Crippen molar-refractivity contribution in [2.75, 3.05) is 13.2 Å². The lowest BCUT2D eigenvalue weighted by Gasteiger charge is -2.11. The zero-order chi connectivity index (χ0) is 11.8. The summed E-state index contributed by atoms with van der Waals surface area (Å²) in [6.45, 7) is 9.23. The van der Waals surface area contributed by atoms with Crippen LogP contribution in [0, 0.1) is 5.92 Å². The number of hydrogen-bond acceptors (Lipinski definition) is 2. The summed E-state index contributed by atoms with van der Waals surface area (Å²) in [7, 11) is 0. The molecule has 0 aliphatic heterocycles. The van der Waals surface area contributed by atoms with Crippen molar-refractivity contribution < 1.29 is 4.74 Å². The van der Waals surface area contributed by atoms with Crippen molar-refractivity contribution in [2.24, 2.45) is 5.92 Å². The van der Waals surface area contributed by atoms with Crippen molar-refractivity contribution in [3.05, 3.63) is 29.8 Å². The van der Waals surface area contributed by atoms with Crippen LogP contribution in [-0.4, -0.2) is 13.2 Å². The van der Waals surface area contributed by atoms with Crippen molar-refractivity contribution in [3.63, 3.8) is 0 Å². The van der Waals surface area contributed by atoms with E-state index in [2.05, 4.69) is 31.3 Å². The molecule has 16 heavy (non-hydrogen) atoms. The molecule has 1 aromatic rings. The predicted octanol–water partition coefficient (Wildman–Crippen LogP) is 3.22. The molecule has 0 fully saturated rings. The molecule has 2 heteroatoms. The smallest absolute Gasteiger partial charge is 0.119 e. The number of benzene rings is 1. The Balaban J connectivity index is 2.38. The van der Waals surface area contributed by atoms with Crippen molar-refractivity contribution in [1.29, 1.82) is 0 Å². The Morgan fingerprint density at radius 3 is 2.81 bits per heavy atom. The first-order valence-corrected chi connectivity index (χ1v) is 6.18. The zero-order valence-electron chi connectivity index (χ0n) is 10.6. The van der Waals surface area contributed by atoms with Gasteiger partial charge in [-0.1, -0.05) is 32.4 Å². The summed E-state index contributed by atoms with van der Waals surface area (Å²) in [5.74, 6) is 1.71. The van der Waals surface area contributed by atoms with Crippen molar-refractivity contribution in [3.8, 4) is 5.75 Å². The van der Waals surface area contributed by atoms with E-state index in [0.717, 1.165) is 31.4 Å². The van der Waals surface area contributed by atoms with E-state index in [0.29, 0.717) is 0 Å². The molecule has 90 valence electrons. The molecule has 0 spiro atoms. The number of hydrogen-bond donors (Lipinski definition) is 1. The highest BCUT2D eigenvalue weighted by Crippen LogP contribution is 2.13. The van der Waals surface area contributed by atoms with Crippen LogP contribution in [0.15, 0.2) is 24.3 Å². The minimum atomic E-state index is 0.726. The van der Waals surface area contributed by atoms with Crippen molar-refractivity contribution >= 4 is 0 Å². The highest BCUT2D eigenvalue weighted by molar-refractivity contribution is 5.28. The first kappa shape index (κ1) is 13.0. The lowest BCUT2D eigenvalue weighted by atomic mass is 10.1. The van der Waals surface area contributed by atoms with Crippen LogP contribution in [-0.2, 0) is 6.54 Å². The van der Waals surface area contributed by atoms with E-state index in [1.54, 1.807) is 0 Å². The molecule has 0 amide bonds. The molecule has 1 unspecified atom stereocenters. The van der Waals surface area contributed by atoms with E-state index in [-0.39, 0.29) is 0 Å². The zero-order valence-corrected chi connectivity index (χ0v) is 10.6. The van der Waals surface area contributed by atoms with Gasteiger partial charge in [-0.25, -0.2) is 0 Å². The van der Waals surface area contributed by atoms with Crippen LogP contribution >= 0.6 is 0 Å². The summed E-state index contributed by atoms with van der Waals surface area (Å²) in [6.07, 6.45) is 1.23. The lowest BCUT2D eigenvalue weighted by molar-refractivity contribution is 0.339.